The van der Waals surface area contributed by atoms with E-state index in [9.17, 15) is 0 Å². The van der Waals surface area contributed by atoms with Crippen LogP contribution < -0.4 is 21.2 Å². The molecule has 0 atom stereocenters. The molecule has 0 aromatic heterocycles. The number of nitrogens with zero attached hydrogens (tertiary/aromatic N) is 1. The Bertz CT molecular complexity index is 85.6. The van der Waals surface area contributed by atoms with Crippen LogP contribution in [0.2, 0.25) is 0 Å². The number of rotatable bonds is 0. The first kappa shape index (κ1) is 9.78. The molecule has 1 aliphatic rings. The summed E-state index contributed by atoms with van der Waals surface area (Å²) in [4.78, 5) is 2.49. The summed E-state index contributed by atoms with van der Waals surface area (Å²) in [6.07, 6.45) is 5.88. The van der Waals surface area contributed by atoms with Gasteiger partial charge in [0.15, 0.2) is 0 Å². The zero-order valence-electron chi connectivity index (χ0n) is 7.48. The maximum atomic E-state index is 2.49. The molecule has 0 N–H and O–H groups in total. The quantitative estimate of drug-likeness (QED) is 0.385. The van der Waals surface area contributed by atoms with Crippen LogP contribution in [0, 0.1) is 0 Å². The van der Waals surface area contributed by atoms with Crippen LogP contribution in [-0.2, 0) is 0 Å². The van der Waals surface area contributed by atoms with E-state index in [1.807, 2.05) is 0 Å². The summed E-state index contributed by atoms with van der Waals surface area (Å²) in [6, 6.07) is 0. The maximum absolute atomic E-state index is 2.49. The second-order valence-corrected chi connectivity index (χ2v) is 6.52. The van der Waals surface area contributed by atoms with Gasteiger partial charge in [0.2, 0.25) is 0 Å². The zero-order chi connectivity index (χ0) is 7.94. The Balaban J connectivity index is 2.12. The molecule has 0 aliphatic carbocycles. The topological polar surface area (TPSA) is 3.24 Å². The molecule has 0 aromatic carbocycles. The first-order valence-corrected chi connectivity index (χ1v) is 7.67. The molecule has 0 amide bonds. The molecule has 1 saturated heterocycles. The summed E-state index contributed by atoms with van der Waals surface area (Å²) in [5.41, 5.74) is 0. The van der Waals surface area contributed by atoms with Crippen LogP contribution in [0.15, 0.2) is 0 Å². The van der Waals surface area contributed by atoms with E-state index in [1.54, 1.807) is 8.86 Å². The first-order valence-electron chi connectivity index (χ1n) is 4.61. The van der Waals surface area contributed by atoms with Gasteiger partial charge in [-0.25, -0.2) is 0 Å². The van der Waals surface area contributed by atoms with Crippen LogP contribution in [0.25, 0.3) is 0 Å². The second kappa shape index (κ2) is 6.23. The Labute approximate surface area is 80.8 Å². The molecule has 1 nitrogen and oxygen atoms in total. The average molecular weight is 268 g/mol. The van der Waals surface area contributed by atoms with Gasteiger partial charge < -0.3 is 0 Å². The van der Waals surface area contributed by atoms with E-state index in [4.69, 9.17) is 0 Å². The molecule has 0 spiro atoms. The van der Waals surface area contributed by atoms with Crippen molar-refractivity contribution in [1.29, 1.82) is 0 Å². The first-order chi connectivity index (χ1) is 5.39. The van der Waals surface area contributed by atoms with Crippen molar-refractivity contribution in [3.8, 4) is 0 Å². The molecule has 2 heteroatoms. The van der Waals surface area contributed by atoms with Gasteiger partial charge in [-0.15, -0.1) is 0 Å². The fourth-order valence-corrected chi connectivity index (χ4v) is 4.04. The van der Waals surface area contributed by atoms with Crippen molar-refractivity contribution in [2.45, 2.75) is 25.7 Å². The minimum absolute atomic E-state index is 0.607. The fourth-order valence-electron chi connectivity index (χ4n) is 1.35. The predicted octanol–water partition coefficient (Wildman–Crippen LogP) is -1.42. The molecular weight excluding hydrogens is 249 g/mol. The normalized spacial score (nSPS) is 25.5. The van der Waals surface area contributed by atoms with Crippen molar-refractivity contribution in [3.05, 3.63) is 0 Å². The minimum atomic E-state index is 0.607. The van der Waals surface area contributed by atoms with Gasteiger partial charge in [0.25, 0.3) is 0 Å². The van der Waals surface area contributed by atoms with Crippen molar-refractivity contribution in [2.75, 3.05) is 29.0 Å². The third-order valence-corrected chi connectivity index (χ3v) is 5.17. The van der Waals surface area contributed by atoms with Crippen LogP contribution >= 0.6 is 0 Å². The Morgan fingerprint density at radius 1 is 0.909 bits per heavy atom. The van der Waals surface area contributed by atoms with Gasteiger partial charge in [-0.05, 0) is 0 Å². The second-order valence-electron chi connectivity index (χ2n) is 3.28. The van der Waals surface area contributed by atoms with Gasteiger partial charge in [-0.3, -0.25) is 0 Å². The van der Waals surface area contributed by atoms with Crippen molar-refractivity contribution >= 4 is 0 Å². The molecule has 1 heterocycles. The Kier molecular flexibility index (Phi) is 5.54. The molecule has 1 rings (SSSR count). The molecule has 0 unspecified atom stereocenters. The molecule has 1 fully saturated rings. The molecule has 11 heavy (non-hydrogen) atoms. The van der Waals surface area contributed by atoms with E-state index >= 15 is 0 Å². The molecule has 0 saturated carbocycles. The summed E-state index contributed by atoms with van der Waals surface area (Å²) in [5, 5.41) is 0. The summed E-state index contributed by atoms with van der Waals surface area (Å²) in [6.45, 7) is 2.67. The van der Waals surface area contributed by atoms with Gasteiger partial charge in [-0.2, -0.15) is 0 Å². The number of halogens is 1. The van der Waals surface area contributed by atoms with Crippen LogP contribution in [-0.4, -0.2) is 33.9 Å². The van der Waals surface area contributed by atoms with Crippen LogP contribution in [0.3, 0.4) is 0 Å². The van der Waals surface area contributed by atoms with E-state index < -0.39 is 0 Å². The third kappa shape index (κ3) is 5.01. The van der Waals surface area contributed by atoms with Crippen LogP contribution in [0.1, 0.15) is 25.7 Å². The number of alkyl halides is 2. The number of hydrogen-bond donors (Lipinski definition) is 0. The Morgan fingerprint density at radius 3 is 2.00 bits per heavy atom. The van der Waals surface area contributed by atoms with Crippen molar-refractivity contribution in [1.82, 2.24) is 4.90 Å². The molecule has 0 bridgehead atoms. The zero-order valence-corrected chi connectivity index (χ0v) is 9.64. The summed E-state index contributed by atoms with van der Waals surface area (Å²) < 4.78 is 3.15. The van der Waals surface area contributed by atoms with Gasteiger partial charge in [0.05, 0.1) is 0 Å². The van der Waals surface area contributed by atoms with Crippen LogP contribution in [0.4, 0.5) is 0 Å². The Morgan fingerprint density at radius 2 is 1.45 bits per heavy atom. The summed E-state index contributed by atoms with van der Waals surface area (Å²) in [7, 11) is 2.26. The molecule has 0 radical (unpaired) electrons. The van der Waals surface area contributed by atoms with Crippen molar-refractivity contribution in [3.63, 3.8) is 0 Å². The summed E-state index contributed by atoms with van der Waals surface area (Å²) in [5.74, 6) is 0. The van der Waals surface area contributed by atoms with Crippen molar-refractivity contribution in [2.24, 2.45) is 0 Å². The van der Waals surface area contributed by atoms with Gasteiger partial charge in [0, 0.05) is 0 Å². The Hall–Kier alpha value is 0.690. The van der Waals surface area contributed by atoms with Gasteiger partial charge >= 0.3 is 80.8 Å². The molecular formula is C9H19IN-. The van der Waals surface area contributed by atoms with Gasteiger partial charge in [-0.1, -0.05) is 0 Å². The third-order valence-electron chi connectivity index (χ3n) is 2.11. The van der Waals surface area contributed by atoms with Crippen molar-refractivity contribution < 1.29 is 21.2 Å². The van der Waals surface area contributed by atoms with E-state index in [0.717, 1.165) is 0 Å². The monoisotopic (exact) mass is 268 g/mol. The SMILES string of the molecule is CN1CCCC[I-]CCCC1. The van der Waals surface area contributed by atoms with E-state index in [0.29, 0.717) is 21.2 Å². The van der Waals surface area contributed by atoms with E-state index in [2.05, 4.69) is 11.9 Å². The molecule has 1 aliphatic heterocycles. The molecule has 0 aromatic rings. The fraction of sp³-hybridized carbons (Fsp3) is 1.00. The number of hydrogen-bond acceptors (Lipinski definition) is 1. The molecule has 68 valence electrons. The van der Waals surface area contributed by atoms with E-state index in [1.165, 1.54) is 38.8 Å². The summed E-state index contributed by atoms with van der Waals surface area (Å²) >= 11 is 0.607. The van der Waals surface area contributed by atoms with Crippen LogP contribution in [0.5, 0.6) is 0 Å². The van der Waals surface area contributed by atoms with Gasteiger partial charge in [0.1, 0.15) is 0 Å². The predicted molar refractivity (Wildman–Crippen MR) is 45.7 cm³/mol. The average Bonchev–Trinajstić information content (AvgIpc) is 2.03. The standard InChI is InChI=1S/C9H19IN/c1-11-8-4-2-6-10-7-3-5-9-11/h2-9H2,1H3/q-1. The van der Waals surface area contributed by atoms with E-state index in [-0.39, 0.29) is 0 Å².